The summed E-state index contributed by atoms with van der Waals surface area (Å²) >= 11 is 0. The third-order valence-electron chi connectivity index (χ3n) is 5.65. The second-order valence-corrected chi connectivity index (χ2v) is 15.3. The van der Waals surface area contributed by atoms with Gasteiger partial charge in [-0.25, -0.2) is 0 Å². The first kappa shape index (κ1) is 43.1. The number of ketones is 4. The molecular weight excluding hydrogens is 496 g/mol. The lowest BCUT2D eigenvalue weighted by atomic mass is 9.87. The van der Waals surface area contributed by atoms with Crippen LogP contribution >= 0.6 is 0 Å². The van der Waals surface area contributed by atoms with Crippen molar-refractivity contribution in [3.05, 3.63) is 0 Å². The molecule has 0 aliphatic heterocycles. The van der Waals surface area contributed by atoms with Crippen molar-refractivity contribution in [2.24, 2.45) is 40.9 Å². The van der Waals surface area contributed by atoms with Crippen molar-refractivity contribution in [1.82, 2.24) is 0 Å². The Morgan fingerprint density at radius 2 is 0.875 bits per heavy atom. The molecule has 0 bridgehead atoms. The molecule has 0 aromatic carbocycles. The standard InChI is InChI=1S/C10H20O.C9H16O.C9H18O.C8H16O/c1-8(2)6-9(11)7-10(3,4)5;1-7(2)5-9(10)6-8-3-4-8;1-7(2)5-9(10)6-8(3)4;1-4-5-8(9)6-7(2)3/h8H,6-7H2,1-5H3;7-8H,3-6H2,1-2H3;7-8H,5-6H2,1-4H3;7H,4-6H2,1-3H3. The van der Waals surface area contributed by atoms with Crippen LogP contribution < -0.4 is 0 Å². The maximum Gasteiger partial charge on any atom is 0.133 e. The summed E-state index contributed by atoms with van der Waals surface area (Å²) in [4.78, 5) is 44.3. The third-order valence-corrected chi connectivity index (χ3v) is 5.65. The summed E-state index contributed by atoms with van der Waals surface area (Å²) in [5, 5.41) is 0. The van der Waals surface area contributed by atoms with Crippen LogP contribution in [0, 0.1) is 40.9 Å². The highest BCUT2D eigenvalue weighted by Gasteiger charge is 2.24. The fourth-order valence-electron chi connectivity index (χ4n) is 4.13. The zero-order valence-electron chi connectivity index (χ0n) is 29.4. The van der Waals surface area contributed by atoms with E-state index in [4.69, 9.17) is 0 Å². The van der Waals surface area contributed by atoms with Crippen LogP contribution in [0.5, 0.6) is 0 Å². The highest BCUT2D eigenvalue weighted by Crippen LogP contribution is 2.33. The van der Waals surface area contributed by atoms with E-state index in [-0.39, 0.29) is 5.41 Å². The number of rotatable bonds is 15. The van der Waals surface area contributed by atoms with Gasteiger partial charge in [0, 0.05) is 51.4 Å². The minimum Gasteiger partial charge on any atom is -0.300 e. The van der Waals surface area contributed by atoms with E-state index in [1.54, 1.807) is 0 Å². The van der Waals surface area contributed by atoms with Crippen LogP contribution in [-0.4, -0.2) is 23.1 Å². The maximum atomic E-state index is 11.3. The predicted molar refractivity (Wildman–Crippen MR) is 174 cm³/mol. The minimum absolute atomic E-state index is 0.159. The van der Waals surface area contributed by atoms with Gasteiger partial charge in [-0.05, 0) is 60.2 Å². The van der Waals surface area contributed by atoms with Gasteiger partial charge < -0.3 is 0 Å². The molecular formula is C36H70O4. The molecule has 0 aromatic rings. The number of hydrogen-bond donors (Lipinski definition) is 0. The van der Waals surface area contributed by atoms with Crippen LogP contribution in [-0.2, 0) is 19.2 Å². The van der Waals surface area contributed by atoms with E-state index in [2.05, 4.69) is 90.0 Å². The first-order valence-corrected chi connectivity index (χ1v) is 16.2. The van der Waals surface area contributed by atoms with E-state index in [9.17, 15) is 19.2 Å². The zero-order chi connectivity index (χ0) is 32.1. The predicted octanol–water partition coefficient (Wildman–Crippen LogP) is 10.5. The van der Waals surface area contributed by atoms with E-state index in [0.29, 0.717) is 59.1 Å². The van der Waals surface area contributed by atoms with E-state index in [1.165, 1.54) is 12.8 Å². The summed E-state index contributed by atoms with van der Waals surface area (Å²) < 4.78 is 0. The van der Waals surface area contributed by atoms with Crippen molar-refractivity contribution in [3.63, 3.8) is 0 Å². The molecule has 1 aliphatic carbocycles. The molecule has 0 saturated heterocycles. The summed E-state index contributed by atoms with van der Waals surface area (Å²) in [6.07, 6.45) is 9.69. The number of hydrogen-bond acceptors (Lipinski definition) is 4. The Kier molecular flexibility index (Phi) is 26.2. The minimum atomic E-state index is 0.159. The van der Waals surface area contributed by atoms with Gasteiger partial charge in [0.15, 0.2) is 0 Å². The molecule has 1 aliphatic rings. The summed E-state index contributed by atoms with van der Waals surface area (Å²) in [6, 6.07) is 0. The van der Waals surface area contributed by atoms with E-state index < -0.39 is 0 Å². The molecule has 238 valence electrons. The first-order chi connectivity index (χ1) is 18.2. The van der Waals surface area contributed by atoms with Gasteiger partial charge in [-0.1, -0.05) is 96.9 Å². The van der Waals surface area contributed by atoms with Crippen molar-refractivity contribution < 1.29 is 19.2 Å². The lowest BCUT2D eigenvalue weighted by Crippen LogP contribution is -2.14. The van der Waals surface area contributed by atoms with Crippen molar-refractivity contribution in [2.75, 3.05) is 0 Å². The smallest absolute Gasteiger partial charge is 0.133 e. The molecule has 0 aromatic heterocycles. The Labute approximate surface area is 250 Å². The molecule has 1 saturated carbocycles. The van der Waals surface area contributed by atoms with E-state index >= 15 is 0 Å². The molecule has 0 amide bonds. The maximum absolute atomic E-state index is 11.3. The van der Waals surface area contributed by atoms with Crippen molar-refractivity contribution in [2.45, 2.75) is 168 Å². The Bertz CT molecular complexity index is 631. The average molecular weight is 567 g/mol. The molecule has 1 fully saturated rings. The lowest BCUT2D eigenvalue weighted by molar-refractivity contribution is -0.122. The van der Waals surface area contributed by atoms with Gasteiger partial charge in [-0.15, -0.1) is 0 Å². The second-order valence-electron chi connectivity index (χ2n) is 15.3. The van der Waals surface area contributed by atoms with Crippen LogP contribution in [0.4, 0.5) is 0 Å². The normalized spacial score (nSPS) is 12.9. The molecule has 0 heterocycles. The molecule has 0 radical (unpaired) electrons. The third kappa shape index (κ3) is 41.2. The fraction of sp³-hybridized carbons (Fsp3) is 0.889. The van der Waals surface area contributed by atoms with Gasteiger partial charge in [0.25, 0.3) is 0 Å². The van der Waals surface area contributed by atoms with Gasteiger partial charge in [0.1, 0.15) is 23.1 Å². The molecule has 40 heavy (non-hydrogen) atoms. The van der Waals surface area contributed by atoms with Crippen molar-refractivity contribution in [1.29, 1.82) is 0 Å². The first-order valence-electron chi connectivity index (χ1n) is 16.2. The van der Waals surface area contributed by atoms with Gasteiger partial charge in [0.2, 0.25) is 0 Å². The Morgan fingerprint density at radius 3 is 1.18 bits per heavy atom. The Hall–Kier alpha value is -1.32. The highest BCUT2D eigenvalue weighted by atomic mass is 16.1. The molecule has 1 rings (SSSR count). The van der Waals surface area contributed by atoms with Gasteiger partial charge >= 0.3 is 0 Å². The summed E-state index contributed by atoms with van der Waals surface area (Å²) in [6.45, 7) is 29.2. The number of carbonyl (C=O) groups is 4. The molecule has 4 nitrogen and oxygen atoms in total. The molecule has 0 atom stereocenters. The summed E-state index contributed by atoms with van der Waals surface area (Å²) in [7, 11) is 0. The van der Waals surface area contributed by atoms with Crippen molar-refractivity contribution >= 4 is 23.1 Å². The average Bonchev–Trinajstić information content (AvgIpc) is 3.48. The largest absolute Gasteiger partial charge is 0.300 e. The molecule has 0 N–H and O–H groups in total. The van der Waals surface area contributed by atoms with Crippen LogP contribution in [0.2, 0.25) is 0 Å². The topological polar surface area (TPSA) is 68.3 Å². The SMILES string of the molecule is CC(C)CC(=O)CC(C)(C)C.CC(C)CC(=O)CC(C)C.CC(C)CC(=O)CC1CC1.CCCC(=O)CC(C)C. The Balaban J connectivity index is -0.000000457. The van der Waals surface area contributed by atoms with Gasteiger partial charge in [0.05, 0.1) is 0 Å². The fourth-order valence-corrected chi connectivity index (χ4v) is 4.13. The quantitative estimate of drug-likeness (QED) is 0.198. The molecule has 0 spiro atoms. The van der Waals surface area contributed by atoms with Gasteiger partial charge in [-0.2, -0.15) is 0 Å². The highest BCUT2D eigenvalue weighted by molar-refractivity contribution is 5.80. The monoisotopic (exact) mass is 567 g/mol. The van der Waals surface area contributed by atoms with E-state index in [1.807, 2.05) is 6.92 Å². The molecule has 0 unspecified atom stereocenters. The second kappa shape index (κ2) is 24.3. The van der Waals surface area contributed by atoms with E-state index in [0.717, 1.165) is 57.3 Å². The lowest BCUT2D eigenvalue weighted by Gasteiger charge is -2.17. The molecule has 4 heteroatoms. The zero-order valence-corrected chi connectivity index (χ0v) is 29.4. The van der Waals surface area contributed by atoms with Crippen molar-refractivity contribution in [3.8, 4) is 0 Å². The van der Waals surface area contributed by atoms with Crippen LogP contribution in [0.1, 0.15) is 168 Å². The Morgan fingerprint density at radius 1 is 0.550 bits per heavy atom. The summed E-state index contributed by atoms with van der Waals surface area (Å²) in [5.41, 5.74) is 0.159. The summed E-state index contributed by atoms with van der Waals surface area (Å²) in [5.74, 6) is 5.08. The number of carbonyl (C=O) groups excluding carboxylic acids is 4. The van der Waals surface area contributed by atoms with Gasteiger partial charge in [-0.3, -0.25) is 19.2 Å². The van der Waals surface area contributed by atoms with Crippen LogP contribution in [0.3, 0.4) is 0 Å². The number of Topliss-reactive ketones (excluding diaryl/α,β-unsaturated/α-hetero) is 4. The van der Waals surface area contributed by atoms with Crippen LogP contribution in [0.25, 0.3) is 0 Å². The van der Waals surface area contributed by atoms with Crippen LogP contribution in [0.15, 0.2) is 0 Å².